The second-order valence-corrected chi connectivity index (χ2v) is 9.62. The molecule has 3 aromatic rings. The van der Waals surface area contributed by atoms with Gasteiger partial charge < -0.3 is 15.2 Å². The van der Waals surface area contributed by atoms with E-state index in [0.717, 1.165) is 6.42 Å². The fraction of sp³-hybridized carbons (Fsp3) is 0.348. The van der Waals surface area contributed by atoms with Crippen LogP contribution in [0.5, 0.6) is 0 Å². The van der Waals surface area contributed by atoms with Crippen LogP contribution in [-0.2, 0) is 16.8 Å². The molecule has 0 saturated heterocycles. The summed E-state index contributed by atoms with van der Waals surface area (Å²) in [7, 11) is 0. The number of carbonyl (C=O) groups excluding carboxylic acids is 3. The van der Waals surface area contributed by atoms with Crippen LogP contribution in [0.4, 0.5) is 10.1 Å². The first-order valence-electron chi connectivity index (χ1n) is 11.0. The van der Waals surface area contributed by atoms with Crippen LogP contribution in [0.25, 0.3) is 0 Å². The maximum absolute atomic E-state index is 14.4. The molecule has 0 bridgehead atoms. The second kappa shape index (κ2) is 7.23. The van der Waals surface area contributed by atoms with Gasteiger partial charge >= 0.3 is 0 Å². The largest absolute Gasteiger partial charge is 0.338 e. The minimum absolute atomic E-state index is 0.0494. The monoisotopic (exact) mass is 482 g/mol. The minimum atomic E-state index is -0.745. The number of nitrogens with zero attached hydrogens (tertiary/aromatic N) is 3. The highest BCUT2D eigenvalue weighted by atomic mass is 35.5. The van der Waals surface area contributed by atoms with Crippen molar-refractivity contribution in [2.24, 2.45) is 5.92 Å². The molecule has 11 heteroatoms. The number of amides is 2. The Labute approximate surface area is 198 Å². The number of fused-ring (bicyclic) bond motifs is 3. The van der Waals surface area contributed by atoms with Crippen LogP contribution in [-0.4, -0.2) is 37.6 Å². The number of nitrogens with one attached hydrogen (secondary N) is 3. The fourth-order valence-corrected chi connectivity index (χ4v) is 5.28. The summed E-state index contributed by atoms with van der Waals surface area (Å²) in [6, 6.07) is 4.45. The quantitative estimate of drug-likeness (QED) is 0.368. The van der Waals surface area contributed by atoms with Crippen molar-refractivity contribution >= 4 is 34.9 Å². The van der Waals surface area contributed by atoms with Crippen LogP contribution >= 0.6 is 11.6 Å². The zero-order valence-corrected chi connectivity index (χ0v) is 18.9. The number of benzene rings is 1. The fourth-order valence-electron chi connectivity index (χ4n) is 5.11. The van der Waals surface area contributed by atoms with Gasteiger partial charge in [0.25, 0.3) is 17.6 Å². The van der Waals surface area contributed by atoms with Crippen LogP contribution < -0.4 is 10.6 Å². The maximum Gasteiger partial charge on any atom is 0.293 e. The third kappa shape index (κ3) is 3.08. The number of hydrogen-bond donors (Lipinski definition) is 3. The molecule has 2 aliphatic carbocycles. The Morgan fingerprint density at radius 2 is 2.09 bits per heavy atom. The summed E-state index contributed by atoms with van der Waals surface area (Å²) in [4.78, 5) is 39.6. The number of aromatic amines is 1. The summed E-state index contributed by atoms with van der Waals surface area (Å²) in [5.41, 5.74) is 1.45. The first kappa shape index (κ1) is 21.0. The molecule has 9 nitrogen and oxygen atoms in total. The number of Topliss-reactive ketones (excluding diaryl/α,β-unsaturated/α-hetero) is 1. The van der Waals surface area contributed by atoms with Crippen molar-refractivity contribution in [1.82, 2.24) is 25.3 Å². The summed E-state index contributed by atoms with van der Waals surface area (Å²) in [5.74, 6) is -2.38. The topological polar surface area (TPSA) is 122 Å². The number of carbonyl (C=O) groups is 3. The highest BCUT2D eigenvalue weighted by molar-refractivity contribution is 6.44. The maximum atomic E-state index is 14.4. The van der Waals surface area contributed by atoms with Gasteiger partial charge in [-0.1, -0.05) is 17.7 Å². The Morgan fingerprint density at radius 3 is 2.79 bits per heavy atom. The Bertz CT molecular complexity index is 1380. The van der Waals surface area contributed by atoms with Gasteiger partial charge in [-0.15, -0.1) is 0 Å². The van der Waals surface area contributed by atoms with Crippen LogP contribution in [0.1, 0.15) is 63.1 Å². The lowest BCUT2D eigenvalue weighted by Crippen LogP contribution is -2.40. The zero-order chi connectivity index (χ0) is 23.8. The van der Waals surface area contributed by atoms with Crippen molar-refractivity contribution in [1.29, 1.82) is 0 Å². The molecule has 2 atom stereocenters. The molecule has 0 unspecified atom stereocenters. The van der Waals surface area contributed by atoms with Gasteiger partial charge in [0.1, 0.15) is 11.4 Å². The van der Waals surface area contributed by atoms with E-state index < -0.39 is 29.0 Å². The van der Waals surface area contributed by atoms with Gasteiger partial charge in [0.2, 0.25) is 0 Å². The Morgan fingerprint density at radius 1 is 1.29 bits per heavy atom. The van der Waals surface area contributed by atoms with Crippen molar-refractivity contribution in [2.75, 3.05) is 5.32 Å². The third-order valence-electron chi connectivity index (χ3n) is 7.08. The summed E-state index contributed by atoms with van der Waals surface area (Å²) in [6.45, 7) is 1.65. The van der Waals surface area contributed by atoms with Gasteiger partial charge in [0, 0.05) is 11.7 Å². The lowest BCUT2D eigenvalue weighted by atomic mass is 10.0. The molecule has 3 heterocycles. The molecule has 1 aromatic carbocycles. The molecular weight excluding hydrogens is 463 g/mol. The Hall–Kier alpha value is -3.53. The zero-order valence-electron chi connectivity index (χ0n) is 18.1. The van der Waals surface area contributed by atoms with Gasteiger partial charge in [-0.3, -0.25) is 14.4 Å². The lowest BCUT2D eigenvalue weighted by Gasteiger charge is -2.14. The molecule has 2 saturated carbocycles. The molecule has 0 radical (unpaired) electrons. The number of halogens is 2. The van der Waals surface area contributed by atoms with E-state index in [1.165, 1.54) is 24.4 Å². The second-order valence-electron chi connectivity index (χ2n) is 9.21. The third-order valence-corrected chi connectivity index (χ3v) is 7.37. The van der Waals surface area contributed by atoms with Gasteiger partial charge in [0.05, 0.1) is 28.0 Å². The molecular formula is C23H20ClFN6O3. The summed E-state index contributed by atoms with van der Waals surface area (Å²) >= 11 is 5.84. The smallest absolute Gasteiger partial charge is 0.293 e. The van der Waals surface area contributed by atoms with E-state index >= 15 is 0 Å². The number of H-pyrrole nitrogens is 1. The van der Waals surface area contributed by atoms with Crippen LogP contribution in [0.3, 0.4) is 0 Å². The average Bonchev–Trinajstić information content (AvgIpc) is 3.59. The molecule has 174 valence electrons. The number of anilines is 1. The van der Waals surface area contributed by atoms with Crippen LogP contribution in [0.15, 0.2) is 24.4 Å². The van der Waals surface area contributed by atoms with Crippen molar-refractivity contribution in [3.63, 3.8) is 0 Å². The van der Waals surface area contributed by atoms with Crippen molar-refractivity contribution in [3.05, 3.63) is 63.4 Å². The Balaban J connectivity index is 1.33. The van der Waals surface area contributed by atoms with Gasteiger partial charge in [-0.25, -0.2) is 4.39 Å². The number of aromatic nitrogens is 4. The molecule has 2 amide bonds. The molecule has 34 heavy (non-hydrogen) atoms. The first-order valence-corrected chi connectivity index (χ1v) is 11.4. The average molecular weight is 483 g/mol. The van der Waals surface area contributed by atoms with E-state index in [1.54, 1.807) is 6.92 Å². The van der Waals surface area contributed by atoms with E-state index in [2.05, 4.69) is 26.0 Å². The molecule has 2 aromatic heterocycles. The number of rotatable bonds is 6. The minimum Gasteiger partial charge on any atom is -0.338 e. The van der Waals surface area contributed by atoms with E-state index in [4.69, 9.17) is 11.6 Å². The van der Waals surface area contributed by atoms with E-state index in [1.807, 2.05) is 4.57 Å². The van der Waals surface area contributed by atoms with E-state index in [0.29, 0.717) is 42.1 Å². The molecule has 0 spiro atoms. The molecule has 1 aliphatic heterocycles. The van der Waals surface area contributed by atoms with Crippen molar-refractivity contribution in [3.8, 4) is 0 Å². The standard InChI is InChI=1S/C23H20ClFN6O3/c1-10-17(20(32)22(34)28-23(5-6-23)16-9-26-30-29-16)15-8-11-7-14(11)31(15)19(10)21(33)27-13-4-2-3-12(24)18(13)25/h2-4,9,11,14H,5-8H2,1H3,(H,27,33)(H,28,34)(H,26,29,30)/t11-,14-/m1/s1. The predicted molar refractivity (Wildman–Crippen MR) is 119 cm³/mol. The summed E-state index contributed by atoms with van der Waals surface area (Å²) < 4.78 is 16.2. The summed E-state index contributed by atoms with van der Waals surface area (Å²) in [5, 5.41) is 15.6. The van der Waals surface area contributed by atoms with E-state index in [9.17, 15) is 18.8 Å². The van der Waals surface area contributed by atoms with Crippen LogP contribution in [0.2, 0.25) is 5.02 Å². The van der Waals surface area contributed by atoms with Crippen molar-refractivity contribution < 1.29 is 18.8 Å². The molecule has 6 rings (SSSR count). The molecule has 2 fully saturated rings. The highest BCUT2D eigenvalue weighted by Crippen LogP contribution is 2.54. The summed E-state index contributed by atoms with van der Waals surface area (Å²) in [6.07, 6.45) is 4.38. The number of hydrogen-bond acceptors (Lipinski definition) is 5. The van der Waals surface area contributed by atoms with Crippen LogP contribution in [0, 0.1) is 18.7 Å². The highest BCUT2D eigenvalue weighted by Gasteiger charge is 2.52. The SMILES string of the molecule is Cc1c(C(=O)C(=O)NC2(c3cn[nH]n3)CC2)c2n(c1C(=O)Nc1cccc(Cl)c1F)[C@@H]1C[C@@H]1C2. The van der Waals surface area contributed by atoms with Gasteiger partial charge in [-0.05, 0) is 56.2 Å². The number of ketones is 1. The normalized spacial score (nSPS) is 20.9. The predicted octanol–water partition coefficient (Wildman–Crippen LogP) is 3.06. The van der Waals surface area contributed by atoms with E-state index in [-0.39, 0.29) is 28.0 Å². The van der Waals surface area contributed by atoms with Gasteiger partial charge in [-0.2, -0.15) is 15.4 Å². The van der Waals surface area contributed by atoms with Gasteiger partial charge in [0.15, 0.2) is 5.82 Å². The molecule has 3 aliphatic rings. The lowest BCUT2D eigenvalue weighted by molar-refractivity contribution is -0.118. The Kier molecular flexibility index (Phi) is 4.47. The molecule has 3 N–H and O–H groups in total. The van der Waals surface area contributed by atoms with Crippen molar-refractivity contribution in [2.45, 2.75) is 44.2 Å². The first-order chi connectivity index (χ1) is 16.3.